The summed E-state index contributed by atoms with van der Waals surface area (Å²) in [4.78, 5) is 4.38. The van der Waals surface area contributed by atoms with Crippen molar-refractivity contribution in [3.8, 4) is 11.5 Å². The fourth-order valence-corrected chi connectivity index (χ4v) is 3.92. The number of aliphatic imine (C=N–C) groups is 1. The van der Waals surface area contributed by atoms with Gasteiger partial charge in [0.1, 0.15) is 0 Å². The lowest BCUT2D eigenvalue weighted by Crippen LogP contribution is -2.37. The van der Waals surface area contributed by atoms with Gasteiger partial charge in [0, 0.05) is 31.5 Å². The fourth-order valence-electron chi connectivity index (χ4n) is 3.00. The van der Waals surface area contributed by atoms with Crippen LogP contribution in [-0.2, 0) is 14.8 Å². The van der Waals surface area contributed by atoms with Crippen LogP contribution in [0.15, 0.2) is 23.2 Å². The molecule has 30 heavy (non-hydrogen) atoms. The Labute approximate surface area is 179 Å². The number of anilines is 1. The molecule has 170 valence electrons. The minimum Gasteiger partial charge on any atom is -0.493 e. The molecule has 9 nitrogen and oxygen atoms in total. The molecule has 1 saturated heterocycles. The molecule has 1 aromatic carbocycles. The van der Waals surface area contributed by atoms with Crippen LogP contribution >= 0.6 is 0 Å². The summed E-state index contributed by atoms with van der Waals surface area (Å²) >= 11 is 0. The Morgan fingerprint density at radius 1 is 1.27 bits per heavy atom. The van der Waals surface area contributed by atoms with Crippen LogP contribution in [0.5, 0.6) is 11.5 Å². The molecular weight excluding hydrogens is 408 g/mol. The average molecular weight is 443 g/mol. The van der Waals surface area contributed by atoms with Crippen LogP contribution in [0.3, 0.4) is 0 Å². The topological polar surface area (TPSA) is 110 Å². The van der Waals surface area contributed by atoms with E-state index in [0.717, 1.165) is 24.9 Å². The molecule has 1 fully saturated rings. The molecule has 0 bridgehead atoms. The van der Waals surface area contributed by atoms with Crippen molar-refractivity contribution >= 4 is 21.7 Å². The van der Waals surface area contributed by atoms with Crippen LogP contribution in [0.25, 0.3) is 0 Å². The summed E-state index contributed by atoms with van der Waals surface area (Å²) in [7, 11) is -1.83. The summed E-state index contributed by atoms with van der Waals surface area (Å²) in [6.07, 6.45) is 2.97. The van der Waals surface area contributed by atoms with Gasteiger partial charge in [-0.2, -0.15) is 0 Å². The van der Waals surface area contributed by atoms with Crippen LogP contribution in [-0.4, -0.2) is 66.2 Å². The van der Waals surface area contributed by atoms with Gasteiger partial charge in [-0.05, 0) is 45.2 Å². The fraction of sp³-hybridized carbons (Fsp3) is 0.650. The largest absolute Gasteiger partial charge is 0.493 e. The van der Waals surface area contributed by atoms with Gasteiger partial charge in [-0.1, -0.05) is 0 Å². The van der Waals surface area contributed by atoms with Crippen molar-refractivity contribution in [2.45, 2.75) is 39.2 Å². The lowest BCUT2D eigenvalue weighted by atomic mass is 10.1. The molecule has 0 spiro atoms. The van der Waals surface area contributed by atoms with Gasteiger partial charge >= 0.3 is 0 Å². The third-order valence-electron chi connectivity index (χ3n) is 4.51. The molecule has 0 amide bonds. The second-order valence-electron chi connectivity index (χ2n) is 6.84. The van der Waals surface area contributed by atoms with E-state index >= 15 is 0 Å². The first-order valence-electron chi connectivity index (χ1n) is 10.4. The molecule has 1 atom stereocenters. The first-order chi connectivity index (χ1) is 14.5. The standard InChI is InChI=1S/C20H34N4O5S/c1-4-21-20(24-16-9-10-18(27-3)19(14-16)28-5-2)22-11-13-30(25,26)23-15-17-8-6-7-12-29-17/h9-10,14,17,23H,4-8,11-13,15H2,1-3H3,(H2,21,22,24). The van der Waals surface area contributed by atoms with Gasteiger partial charge in [-0.25, -0.2) is 13.1 Å². The number of ether oxygens (including phenoxy) is 3. The van der Waals surface area contributed by atoms with E-state index in [1.54, 1.807) is 13.2 Å². The van der Waals surface area contributed by atoms with Crippen molar-refractivity contribution in [3.05, 3.63) is 18.2 Å². The lowest BCUT2D eigenvalue weighted by Gasteiger charge is -2.22. The highest BCUT2D eigenvalue weighted by atomic mass is 32.2. The van der Waals surface area contributed by atoms with E-state index in [4.69, 9.17) is 14.2 Å². The van der Waals surface area contributed by atoms with E-state index in [1.807, 2.05) is 26.0 Å². The minimum atomic E-state index is -3.42. The summed E-state index contributed by atoms with van der Waals surface area (Å²) in [5.41, 5.74) is 0.759. The Bertz CT molecular complexity index is 779. The maximum absolute atomic E-state index is 12.3. The summed E-state index contributed by atoms with van der Waals surface area (Å²) in [6.45, 7) is 6.15. The van der Waals surface area contributed by atoms with Crippen molar-refractivity contribution in [1.29, 1.82) is 0 Å². The molecule has 1 aliphatic rings. The predicted molar refractivity (Wildman–Crippen MR) is 119 cm³/mol. The van der Waals surface area contributed by atoms with Crippen molar-refractivity contribution < 1.29 is 22.6 Å². The number of hydrogen-bond acceptors (Lipinski definition) is 6. The van der Waals surface area contributed by atoms with Crippen LogP contribution in [0.1, 0.15) is 33.1 Å². The van der Waals surface area contributed by atoms with Gasteiger partial charge in [0.25, 0.3) is 0 Å². The molecule has 1 heterocycles. The summed E-state index contributed by atoms with van der Waals surface area (Å²) in [5, 5.41) is 6.28. The van der Waals surface area contributed by atoms with E-state index in [-0.39, 0.29) is 18.4 Å². The number of nitrogens with one attached hydrogen (secondary N) is 3. The maximum atomic E-state index is 12.3. The minimum absolute atomic E-state index is 0.0365. The predicted octanol–water partition coefficient (Wildman–Crippen LogP) is 1.96. The number of hydrogen-bond donors (Lipinski definition) is 3. The van der Waals surface area contributed by atoms with Gasteiger partial charge < -0.3 is 24.8 Å². The van der Waals surface area contributed by atoms with Crippen molar-refractivity contribution in [2.75, 3.05) is 51.0 Å². The highest BCUT2D eigenvalue weighted by Gasteiger charge is 2.17. The van der Waals surface area contributed by atoms with E-state index in [9.17, 15) is 8.42 Å². The molecular formula is C20H34N4O5S. The molecule has 0 aromatic heterocycles. The summed E-state index contributed by atoms with van der Waals surface area (Å²) < 4.78 is 43.6. The molecule has 3 N–H and O–H groups in total. The van der Waals surface area contributed by atoms with Crippen LogP contribution in [0.2, 0.25) is 0 Å². The molecule has 0 radical (unpaired) electrons. The number of sulfonamides is 1. The zero-order chi connectivity index (χ0) is 21.8. The molecule has 2 rings (SSSR count). The number of guanidine groups is 1. The normalized spacial score (nSPS) is 17.4. The van der Waals surface area contributed by atoms with Crippen molar-refractivity contribution in [3.63, 3.8) is 0 Å². The van der Waals surface area contributed by atoms with E-state index in [2.05, 4.69) is 20.3 Å². The maximum Gasteiger partial charge on any atom is 0.213 e. The first kappa shape index (κ1) is 24.2. The van der Waals surface area contributed by atoms with Crippen molar-refractivity contribution in [2.24, 2.45) is 4.99 Å². The zero-order valence-electron chi connectivity index (χ0n) is 18.1. The van der Waals surface area contributed by atoms with E-state index < -0.39 is 10.0 Å². The van der Waals surface area contributed by atoms with Crippen LogP contribution in [0, 0.1) is 0 Å². The molecule has 1 aromatic rings. The Hall–Kier alpha value is -2.04. The molecule has 10 heteroatoms. The Morgan fingerprint density at radius 3 is 2.77 bits per heavy atom. The summed E-state index contributed by atoms with van der Waals surface area (Å²) in [5.74, 6) is 1.67. The average Bonchev–Trinajstić information content (AvgIpc) is 2.74. The molecule has 1 unspecified atom stereocenters. The van der Waals surface area contributed by atoms with E-state index in [1.165, 1.54) is 0 Å². The zero-order valence-corrected chi connectivity index (χ0v) is 18.9. The smallest absolute Gasteiger partial charge is 0.213 e. The van der Waals surface area contributed by atoms with Crippen LogP contribution < -0.4 is 24.8 Å². The highest BCUT2D eigenvalue weighted by Crippen LogP contribution is 2.30. The molecule has 0 aliphatic carbocycles. The Kier molecular flexibility index (Phi) is 10.2. The van der Waals surface area contributed by atoms with Gasteiger partial charge in [0.2, 0.25) is 10.0 Å². The van der Waals surface area contributed by atoms with Crippen molar-refractivity contribution in [1.82, 2.24) is 10.0 Å². The monoisotopic (exact) mass is 442 g/mol. The Balaban J connectivity index is 1.92. The third-order valence-corrected chi connectivity index (χ3v) is 5.83. The molecule has 1 aliphatic heterocycles. The number of rotatable bonds is 11. The quantitative estimate of drug-likeness (QED) is 0.355. The second-order valence-corrected chi connectivity index (χ2v) is 8.77. The number of methoxy groups -OCH3 is 1. The second kappa shape index (κ2) is 12.6. The summed E-state index contributed by atoms with van der Waals surface area (Å²) in [6, 6.07) is 5.47. The highest BCUT2D eigenvalue weighted by molar-refractivity contribution is 7.89. The van der Waals surface area contributed by atoms with E-state index in [0.29, 0.717) is 43.8 Å². The SMILES string of the molecule is CCNC(=NCCS(=O)(=O)NCC1CCCCO1)Nc1ccc(OC)c(OCC)c1. The van der Waals surface area contributed by atoms with Crippen LogP contribution in [0.4, 0.5) is 5.69 Å². The number of benzene rings is 1. The van der Waals surface area contributed by atoms with Gasteiger partial charge in [-0.3, -0.25) is 4.99 Å². The Morgan fingerprint density at radius 2 is 2.10 bits per heavy atom. The number of nitrogens with zero attached hydrogens (tertiary/aromatic N) is 1. The molecule has 0 saturated carbocycles. The van der Waals surface area contributed by atoms with Gasteiger partial charge in [0.15, 0.2) is 17.5 Å². The lowest BCUT2D eigenvalue weighted by molar-refractivity contribution is 0.0200. The third kappa shape index (κ3) is 8.37. The van der Waals surface area contributed by atoms with Gasteiger partial charge in [0.05, 0.1) is 32.1 Å². The van der Waals surface area contributed by atoms with Gasteiger partial charge in [-0.15, -0.1) is 0 Å². The first-order valence-corrected chi connectivity index (χ1v) is 12.1.